The van der Waals surface area contributed by atoms with E-state index >= 15 is 0 Å². The quantitative estimate of drug-likeness (QED) is 0.426. The molecule has 3 rings (SSSR count). The molecule has 170 valence electrons. The van der Waals surface area contributed by atoms with Gasteiger partial charge in [-0.1, -0.05) is 50.2 Å². The lowest BCUT2D eigenvalue weighted by atomic mass is 9.84. The van der Waals surface area contributed by atoms with Gasteiger partial charge in [-0.2, -0.15) is 5.26 Å². The largest absolute Gasteiger partial charge is 0.373 e. The van der Waals surface area contributed by atoms with E-state index in [-0.39, 0.29) is 23.3 Å². The van der Waals surface area contributed by atoms with Gasteiger partial charge in [-0.3, -0.25) is 4.79 Å². The van der Waals surface area contributed by atoms with Crippen LogP contribution in [0.3, 0.4) is 0 Å². The van der Waals surface area contributed by atoms with Crippen molar-refractivity contribution in [1.29, 1.82) is 5.26 Å². The first-order chi connectivity index (χ1) is 15.5. The molecule has 0 radical (unpaired) electrons. The predicted molar refractivity (Wildman–Crippen MR) is 130 cm³/mol. The number of hydrogen-bond donors (Lipinski definition) is 2. The number of nitriles is 1. The molecule has 0 spiro atoms. The third-order valence-corrected chi connectivity index (χ3v) is 7.23. The van der Waals surface area contributed by atoms with E-state index in [0.29, 0.717) is 5.92 Å². The molecular weight excluding hydrogens is 418 g/mol. The van der Waals surface area contributed by atoms with Crippen LogP contribution in [-0.2, 0) is 15.1 Å². The van der Waals surface area contributed by atoms with Crippen LogP contribution in [0.1, 0.15) is 38.7 Å². The molecule has 1 saturated heterocycles. The number of nitrogens with one attached hydrogen (secondary N) is 2. The number of carbonyl (C=O) groups excluding carboxylic acids is 1. The summed E-state index contributed by atoms with van der Waals surface area (Å²) in [4.78, 5) is 13.5. The van der Waals surface area contributed by atoms with Gasteiger partial charge in [-0.05, 0) is 67.1 Å². The molecule has 0 bridgehead atoms. The van der Waals surface area contributed by atoms with Gasteiger partial charge < -0.3 is 15.4 Å². The zero-order valence-corrected chi connectivity index (χ0v) is 20.0. The Balaban J connectivity index is 1.70. The van der Waals surface area contributed by atoms with Crippen LogP contribution in [-0.4, -0.2) is 37.9 Å². The monoisotopic (exact) mass is 451 g/mol. The highest BCUT2D eigenvalue weighted by atomic mass is 32.2. The van der Waals surface area contributed by atoms with E-state index in [1.165, 1.54) is 5.56 Å². The van der Waals surface area contributed by atoms with Crippen LogP contribution < -0.4 is 10.6 Å². The van der Waals surface area contributed by atoms with Gasteiger partial charge in [-0.15, -0.1) is 11.8 Å². The second-order valence-corrected chi connectivity index (χ2v) is 9.94. The number of nitrogens with zero attached hydrogens (tertiary/aromatic N) is 1. The Morgan fingerprint density at radius 2 is 1.72 bits per heavy atom. The molecule has 1 heterocycles. The van der Waals surface area contributed by atoms with Crippen LogP contribution in [0.25, 0.3) is 11.1 Å². The van der Waals surface area contributed by atoms with Crippen molar-refractivity contribution in [3.63, 3.8) is 0 Å². The maximum atomic E-state index is 12.4. The first kappa shape index (κ1) is 24.3. The van der Waals surface area contributed by atoms with Crippen molar-refractivity contribution in [2.45, 2.75) is 48.9 Å². The van der Waals surface area contributed by atoms with Crippen LogP contribution in [0.2, 0.25) is 0 Å². The summed E-state index contributed by atoms with van der Waals surface area (Å²) in [5, 5.41) is 14.6. The van der Waals surface area contributed by atoms with E-state index < -0.39 is 0 Å². The van der Waals surface area contributed by atoms with Crippen molar-refractivity contribution in [3.8, 4) is 17.2 Å². The summed E-state index contributed by atoms with van der Waals surface area (Å²) in [5.74, 6) is 0.323. The average molecular weight is 452 g/mol. The van der Waals surface area contributed by atoms with Crippen LogP contribution in [0.5, 0.6) is 0 Å². The lowest BCUT2D eigenvalue weighted by molar-refractivity contribution is -0.120. The van der Waals surface area contributed by atoms with Crippen molar-refractivity contribution in [3.05, 3.63) is 54.1 Å². The van der Waals surface area contributed by atoms with Gasteiger partial charge in [0.15, 0.2) is 0 Å². The van der Waals surface area contributed by atoms with Crippen LogP contribution in [0.15, 0.2) is 53.4 Å². The number of thioether (sulfide) groups is 1. The average Bonchev–Trinajstić information content (AvgIpc) is 2.83. The molecule has 32 heavy (non-hydrogen) atoms. The number of benzene rings is 2. The highest BCUT2D eigenvalue weighted by molar-refractivity contribution is 8.00. The highest BCUT2D eigenvalue weighted by Gasteiger charge is 2.33. The van der Waals surface area contributed by atoms with Gasteiger partial charge in [0.25, 0.3) is 0 Å². The van der Waals surface area contributed by atoms with E-state index in [4.69, 9.17) is 10.00 Å². The van der Waals surface area contributed by atoms with Gasteiger partial charge in [0.05, 0.1) is 16.9 Å². The van der Waals surface area contributed by atoms with Crippen LogP contribution in [0.4, 0.5) is 0 Å². The number of piperidine rings is 1. The summed E-state index contributed by atoms with van der Waals surface area (Å²) >= 11 is 1.56. The first-order valence-electron chi connectivity index (χ1n) is 11.3. The van der Waals surface area contributed by atoms with E-state index in [1.807, 2.05) is 13.2 Å². The van der Waals surface area contributed by atoms with Crippen molar-refractivity contribution in [1.82, 2.24) is 10.6 Å². The smallest absolute Gasteiger partial charge is 0.234 e. The molecule has 2 aromatic rings. The Morgan fingerprint density at radius 1 is 1.12 bits per heavy atom. The molecule has 1 amide bonds. The number of carbonyl (C=O) groups is 1. The predicted octanol–water partition coefficient (Wildman–Crippen LogP) is 4.73. The van der Waals surface area contributed by atoms with Crippen molar-refractivity contribution in [2.24, 2.45) is 5.92 Å². The first-order valence-corrected chi connectivity index (χ1v) is 12.1. The molecule has 1 unspecified atom stereocenters. The van der Waals surface area contributed by atoms with Crippen LogP contribution in [0, 0.1) is 17.2 Å². The summed E-state index contributed by atoms with van der Waals surface area (Å²) in [6, 6.07) is 19.0. The Kier molecular flexibility index (Phi) is 8.75. The van der Waals surface area contributed by atoms with E-state index in [9.17, 15) is 4.79 Å². The Hall–Kier alpha value is -2.33. The van der Waals surface area contributed by atoms with E-state index in [1.54, 1.807) is 11.8 Å². The molecule has 1 fully saturated rings. The molecular formula is C26H33N3O2S. The zero-order chi connectivity index (χ0) is 23.0. The van der Waals surface area contributed by atoms with Crippen molar-refractivity contribution < 1.29 is 9.53 Å². The molecule has 1 aliphatic rings. The van der Waals surface area contributed by atoms with E-state index in [2.05, 4.69) is 73.0 Å². The fourth-order valence-corrected chi connectivity index (χ4v) is 5.47. The highest BCUT2D eigenvalue weighted by Crippen LogP contribution is 2.36. The lowest BCUT2D eigenvalue weighted by Gasteiger charge is -2.37. The Morgan fingerprint density at radius 3 is 2.25 bits per heavy atom. The van der Waals surface area contributed by atoms with Crippen molar-refractivity contribution in [2.75, 3.05) is 26.7 Å². The molecule has 1 aliphatic heterocycles. The standard InChI is InChI=1S/C26H33N3O2S/c1-19(2)18-24(25(30)29-17-14-27)32-23-10-6-21(7-11-23)20-4-8-22(9-5-20)26(31-3)12-15-28-16-13-26/h4-11,19,24,28H,12-13,15-18H2,1-3H3,(H,29,30). The summed E-state index contributed by atoms with van der Waals surface area (Å²) < 4.78 is 5.94. The molecule has 2 N–H and O–H groups in total. The van der Waals surface area contributed by atoms with Crippen LogP contribution >= 0.6 is 11.8 Å². The lowest BCUT2D eigenvalue weighted by Crippen LogP contribution is -2.41. The molecule has 1 atom stereocenters. The van der Waals surface area contributed by atoms with E-state index in [0.717, 1.165) is 48.4 Å². The van der Waals surface area contributed by atoms with Gasteiger partial charge in [-0.25, -0.2) is 0 Å². The minimum absolute atomic E-state index is 0.0454. The Labute approximate surface area is 195 Å². The normalized spacial score (nSPS) is 16.3. The molecule has 5 nitrogen and oxygen atoms in total. The van der Waals surface area contributed by atoms with Gasteiger partial charge in [0.2, 0.25) is 5.91 Å². The maximum Gasteiger partial charge on any atom is 0.234 e. The molecule has 2 aromatic carbocycles. The van der Waals surface area contributed by atoms with Gasteiger partial charge in [0.1, 0.15) is 6.54 Å². The minimum atomic E-state index is -0.205. The topological polar surface area (TPSA) is 74.1 Å². The number of ether oxygens (including phenoxy) is 1. The van der Waals surface area contributed by atoms with Gasteiger partial charge in [0, 0.05) is 12.0 Å². The van der Waals surface area contributed by atoms with Crippen molar-refractivity contribution >= 4 is 17.7 Å². The maximum absolute atomic E-state index is 12.4. The summed E-state index contributed by atoms with van der Waals surface area (Å²) in [6.07, 6.45) is 2.73. The second kappa shape index (κ2) is 11.5. The summed E-state index contributed by atoms with van der Waals surface area (Å²) in [5.41, 5.74) is 3.35. The number of methoxy groups -OCH3 is 1. The fourth-order valence-electron chi connectivity index (χ4n) is 4.18. The minimum Gasteiger partial charge on any atom is -0.373 e. The summed E-state index contributed by atoms with van der Waals surface area (Å²) in [6.45, 7) is 6.21. The molecule has 0 saturated carbocycles. The fraction of sp³-hybridized carbons (Fsp3) is 0.462. The van der Waals surface area contributed by atoms with Gasteiger partial charge >= 0.3 is 0 Å². The third kappa shape index (κ3) is 6.13. The SMILES string of the molecule is COC1(c2ccc(-c3ccc(SC(CC(C)C)C(=O)NCC#N)cc3)cc2)CCNCC1. The number of amides is 1. The number of rotatable bonds is 9. The summed E-state index contributed by atoms with van der Waals surface area (Å²) in [7, 11) is 1.81. The third-order valence-electron chi connectivity index (χ3n) is 6.00. The number of hydrogen-bond acceptors (Lipinski definition) is 5. The molecule has 0 aromatic heterocycles. The molecule has 0 aliphatic carbocycles. The zero-order valence-electron chi connectivity index (χ0n) is 19.2. The second-order valence-electron chi connectivity index (χ2n) is 8.66. The molecule has 6 heteroatoms. The Bertz CT molecular complexity index is 914.